The number of benzene rings is 1. The predicted octanol–water partition coefficient (Wildman–Crippen LogP) is 2.68. The molecule has 0 bridgehead atoms. The number of amides is 1. The van der Waals surface area contributed by atoms with Crippen LogP contribution in [0.4, 0.5) is 0 Å². The van der Waals surface area contributed by atoms with Gasteiger partial charge in [0.1, 0.15) is 5.82 Å². The van der Waals surface area contributed by atoms with Gasteiger partial charge in [-0.3, -0.25) is 9.69 Å². The molecule has 1 aromatic heterocycles. The second-order valence-electron chi connectivity index (χ2n) is 7.57. The first kappa shape index (κ1) is 17.2. The molecule has 0 spiro atoms. The standard InChI is InChI=1S/C21H26N4O/c1-15-5-7-16(8-6-15)12-20(26)25-11-9-18-17(14-25)13-22-21(23-18)19-4-3-10-24(19)2/h5-8,13,19H,3-4,9-12,14H2,1-2H3. The highest BCUT2D eigenvalue weighted by atomic mass is 16.2. The van der Waals surface area contributed by atoms with Gasteiger partial charge in [-0.05, 0) is 38.9 Å². The molecule has 2 aromatic rings. The van der Waals surface area contributed by atoms with E-state index in [0.717, 1.165) is 48.6 Å². The minimum atomic E-state index is 0.180. The highest BCUT2D eigenvalue weighted by Crippen LogP contribution is 2.29. The summed E-state index contributed by atoms with van der Waals surface area (Å²) in [5.74, 6) is 1.13. The SMILES string of the molecule is Cc1ccc(CC(=O)N2CCc3nc(C4CCCN4C)ncc3C2)cc1. The molecular weight excluding hydrogens is 324 g/mol. The Kier molecular flexibility index (Phi) is 4.72. The zero-order chi connectivity index (χ0) is 18.1. The molecule has 4 rings (SSSR count). The van der Waals surface area contributed by atoms with Crippen molar-refractivity contribution in [3.8, 4) is 0 Å². The molecule has 26 heavy (non-hydrogen) atoms. The molecule has 5 heteroatoms. The maximum atomic E-state index is 12.7. The number of fused-ring (bicyclic) bond motifs is 1. The van der Waals surface area contributed by atoms with Crippen molar-refractivity contribution in [2.45, 2.75) is 45.2 Å². The van der Waals surface area contributed by atoms with Crippen LogP contribution in [-0.2, 0) is 24.2 Å². The Morgan fingerprint density at radius 1 is 1.23 bits per heavy atom. The molecule has 1 unspecified atom stereocenters. The van der Waals surface area contributed by atoms with Gasteiger partial charge in [-0.25, -0.2) is 9.97 Å². The Hall–Kier alpha value is -2.27. The third kappa shape index (κ3) is 3.49. The first-order valence-electron chi connectivity index (χ1n) is 9.48. The van der Waals surface area contributed by atoms with Crippen LogP contribution in [0.15, 0.2) is 30.5 Å². The lowest BCUT2D eigenvalue weighted by atomic mass is 10.0. The fraction of sp³-hybridized carbons (Fsp3) is 0.476. The minimum absolute atomic E-state index is 0.180. The van der Waals surface area contributed by atoms with Crippen LogP contribution in [-0.4, -0.2) is 45.8 Å². The summed E-state index contributed by atoms with van der Waals surface area (Å²) in [5, 5.41) is 0. The Morgan fingerprint density at radius 3 is 2.77 bits per heavy atom. The van der Waals surface area contributed by atoms with Crippen LogP contribution >= 0.6 is 0 Å². The molecule has 1 fully saturated rings. The highest BCUT2D eigenvalue weighted by molar-refractivity contribution is 5.79. The molecule has 2 aliphatic rings. The normalized spacial score (nSPS) is 20.2. The quantitative estimate of drug-likeness (QED) is 0.854. The van der Waals surface area contributed by atoms with E-state index in [1.807, 2.05) is 23.2 Å². The van der Waals surface area contributed by atoms with Crippen LogP contribution in [0.1, 0.15) is 47.1 Å². The van der Waals surface area contributed by atoms with E-state index in [2.05, 4.69) is 36.0 Å². The maximum Gasteiger partial charge on any atom is 0.227 e. The van der Waals surface area contributed by atoms with Crippen molar-refractivity contribution in [1.82, 2.24) is 19.8 Å². The van der Waals surface area contributed by atoms with Crippen molar-refractivity contribution in [3.05, 3.63) is 58.7 Å². The molecule has 1 saturated heterocycles. The largest absolute Gasteiger partial charge is 0.338 e. The lowest BCUT2D eigenvalue weighted by molar-refractivity contribution is -0.131. The van der Waals surface area contributed by atoms with Crippen molar-refractivity contribution in [1.29, 1.82) is 0 Å². The second-order valence-corrected chi connectivity index (χ2v) is 7.57. The molecular formula is C21H26N4O. The van der Waals surface area contributed by atoms with Crippen molar-refractivity contribution >= 4 is 5.91 Å². The zero-order valence-corrected chi connectivity index (χ0v) is 15.6. The number of nitrogens with zero attached hydrogens (tertiary/aromatic N) is 4. The molecule has 5 nitrogen and oxygen atoms in total. The summed E-state index contributed by atoms with van der Waals surface area (Å²) in [6, 6.07) is 8.55. The van der Waals surface area contributed by atoms with E-state index in [1.165, 1.54) is 12.0 Å². The molecule has 0 saturated carbocycles. The molecule has 1 aromatic carbocycles. The van der Waals surface area contributed by atoms with Crippen molar-refractivity contribution in [2.75, 3.05) is 20.1 Å². The van der Waals surface area contributed by atoms with Crippen molar-refractivity contribution in [2.24, 2.45) is 0 Å². The minimum Gasteiger partial charge on any atom is -0.338 e. The summed E-state index contributed by atoms with van der Waals surface area (Å²) in [7, 11) is 2.14. The fourth-order valence-electron chi connectivity index (χ4n) is 3.93. The number of carbonyl (C=O) groups excluding carboxylic acids is 1. The van der Waals surface area contributed by atoms with E-state index in [-0.39, 0.29) is 5.91 Å². The van der Waals surface area contributed by atoms with Crippen LogP contribution in [0.3, 0.4) is 0 Å². The lowest BCUT2D eigenvalue weighted by Crippen LogP contribution is -2.37. The number of hydrogen-bond acceptors (Lipinski definition) is 4. The molecule has 2 aliphatic heterocycles. The van der Waals surface area contributed by atoms with Gasteiger partial charge >= 0.3 is 0 Å². The molecule has 0 radical (unpaired) electrons. The summed E-state index contributed by atoms with van der Waals surface area (Å²) in [6.07, 6.45) is 5.57. The summed E-state index contributed by atoms with van der Waals surface area (Å²) in [5.41, 5.74) is 4.50. The molecule has 0 aliphatic carbocycles. The summed E-state index contributed by atoms with van der Waals surface area (Å²) >= 11 is 0. The summed E-state index contributed by atoms with van der Waals surface area (Å²) < 4.78 is 0. The van der Waals surface area contributed by atoms with Gasteiger partial charge in [0.2, 0.25) is 5.91 Å². The molecule has 3 heterocycles. The molecule has 136 valence electrons. The van der Waals surface area contributed by atoms with E-state index >= 15 is 0 Å². The topological polar surface area (TPSA) is 49.3 Å². The van der Waals surface area contributed by atoms with Gasteiger partial charge in [0.15, 0.2) is 0 Å². The number of aryl methyl sites for hydroxylation is 1. The first-order chi connectivity index (χ1) is 12.6. The number of hydrogen-bond donors (Lipinski definition) is 0. The predicted molar refractivity (Wildman–Crippen MR) is 101 cm³/mol. The van der Waals surface area contributed by atoms with Gasteiger partial charge in [0.25, 0.3) is 0 Å². The number of carbonyl (C=O) groups is 1. The van der Waals surface area contributed by atoms with Crippen LogP contribution in [0.25, 0.3) is 0 Å². The van der Waals surface area contributed by atoms with Gasteiger partial charge in [-0.2, -0.15) is 0 Å². The maximum absolute atomic E-state index is 12.7. The highest BCUT2D eigenvalue weighted by Gasteiger charge is 2.27. The smallest absolute Gasteiger partial charge is 0.227 e. The van der Waals surface area contributed by atoms with Crippen LogP contribution in [0.5, 0.6) is 0 Å². The zero-order valence-electron chi connectivity index (χ0n) is 15.6. The molecule has 1 amide bonds. The van der Waals surface area contributed by atoms with Crippen LogP contribution in [0, 0.1) is 6.92 Å². The van der Waals surface area contributed by atoms with Crippen LogP contribution < -0.4 is 0 Å². The number of likely N-dealkylation sites (tertiary alicyclic amines) is 1. The Balaban J connectivity index is 1.44. The Labute approximate surface area is 155 Å². The van der Waals surface area contributed by atoms with Crippen molar-refractivity contribution < 1.29 is 4.79 Å². The van der Waals surface area contributed by atoms with E-state index < -0.39 is 0 Å². The van der Waals surface area contributed by atoms with E-state index in [1.54, 1.807) is 0 Å². The average molecular weight is 350 g/mol. The third-order valence-electron chi connectivity index (χ3n) is 5.60. The number of aromatic nitrogens is 2. The summed E-state index contributed by atoms with van der Waals surface area (Å²) in [4.78, 5) is 26.4. The van der Waals surface area contributed by atoms with E-state index in [0.29, 0.717) is 19.0 Å². The average Bonchev–Trinajstić information content (AvgIpc) is 3.08. The third-order valence-corrected chi connectivity index (χ3v) is 5.60. The van der Waals surface area contributed by atoms with Crippen LogP contribution in [0.2, 0.25) is 0 Å². The van der Waals surface area contributed by atoms with Gasteiger partial charge in [-0.1, -0.05) is 29.8 Å². The van der Waals surface area contributed by atoms with E-state index in [4.69, 9.17) is 4.98 Å². The fourth-order valence-corrected chi connectivity index (χ4v) is 3.93. The Bertz CT molecular complexity index is 802. The van der Waals surface area contributed by atoms with Gasteiger partial charge in [0, 0.05) is 31.3 Å². The molecule has 0 N–H and O–H groups in total. The van der Waals surface area contributed by atoms with Crippen molar-refractivity contribution in [3.63, 3.8) is 0 Å². The lowest BCUT2D eigenvalue weighted by Gasteiger charge is -2.29. The second kappa shape index (κ2) is 7.16. The Morgan fingerprint density at radius 2 is 2.04 bits per heavy atom. The van der Waals surface area contributed by atoms with Gasteiger partial charge < -0.3 is 4.90 Å². The van der Waals surface area contributed by atoms with Gasteiger partial charge in [0.05, 0.1) is 18.2 Å². The first-order valence-corrected chi connectivity index (χ1v) is 9.48. The van der Waals surface area contributed by atoms with E-state index in [9.17, 15) is 4.79 Å². The molecule has 1 atom stereocenters. The van der Waals surface area contributed by atoms with Gasteiger partial charge in [-0.15, -0.1) is 0 Å². The number of rotatable bonds is 3. The summed E-state index contributed by atoms with van der Waals surface area (Å²) in [6.45, 7) is 4.55. The monoisotopic (exact) mass is 350 g/mol.